The summed E-state index contributed by atoms with van der Waals surface area (Å²) in [5.41, 5.74) is -0.706. The maximum atomic E-state index is 12.4. The van der Waals surface area contributed by atoms with Crippen molar-refractivity contribution in [2.45, 2.75) is 53.2 Å². The molecule has 1 amide bonds. The smallest absolute Gasteiger partial charge is 0.408 e. The number of hydrogen-bond donors (Lipinski definition) is 1. The Morgan fingerprint density at radius 1 is 1.08 bits per heavy atom. The Morgan fingerprint density at radius 3 is 2.04 bits per heavy atom. The molecule has 0 rings (SSSR count). The summed E-state index contributed by atoms with van der Waals surface area (Å²) >= 11 is 0.835. The van der Waals surface area contributed by atoms with Crippen LogP contribution in [0.4, 0.5) is 4.79 Å². The predicted octanol–water partition coefficient (Wildman–Crippen LogP) is 3.36. The molecule has 8 nitrogen and oxygen atoms in total. The Hall–Kier alpha value is -0.760. The van der Waals surface area contributed by atoms with E-state index in [1.165, 1.54) is 0 Å². The van der Waals surface area contributed by atoms with Gasteiger partial charge in [-0.25, -0.2) is 14.2 Å². The minimum absolute atomic E-state index is 0.0324. The van der Waals surface area contributed by atoms with Crippen LogP contribution in [-0.4, -0.2) is 49.3 Å². The molecule has 1 unspecified atom stereocenters. The molecule has 0 aliphatic carbocycles. The van der Waals surface area contributed by atoms with Gasteiger partial charge in [0.2, 0.25) is 0 Å². The molecule has 0 aliphatic rings. The largest absolute Gasteiger partial charge is 0.464 e. The molecule has 0 fully saturated rings. The van der Waals surface area contributed by atoms with Crippen LogP contribution in [-0.2, 0) is 27.9 Å². The van der Waals surface area contributed by atoms with Gasteiger partial charge < -0.3 is 23.8 Å². The Morgan fingerprint density at radius 2 is 1.62 bits per heavy atom. The van der Waals surface area contributed by atoms with Crippen molar-refractivity contribution < 1.29 is 32.7 Å². The summed E-state index contributed by atoms with van der Waals surface area (Å²) in [4.78, 5) is 23.9. The Kier molecular flexibility index (Phi) is 10.6. The second-order valence-corrected chi connectivity index (χ2v) is 9.65. The van der Waals surface area contributed by atoms with Gasteiger partial charge in [0.25, 0.3) is 0 Å². The lowest BCUT2D eigenvalue weighted by atomic mass is 10.2. The van der Waals surface area contributed by atoms with Gasteiger partial charge >= 0.3 is 18.9 Å². The summed E-state index contributed by atoms with van der Waals surface area (Å²) in [5.74, 6) is -0.676. The van der Waals surface area contributed by atoms with Crippen LogP contribution in [0, 0.1) is 0 Å². The van der Waals surface area contributed by atoms with E-state index in [2.05, 4.69) is 5.32 Å². The standard InChI is InChI=1S/C14H28NO7PS/c1-7-19-12(16)11(15-13(17)22-14(4,5)6)10-24-23(18,20-8-2)21-9-3/h11H,7-10H2,1-6H3,(H,15,17). The molecule has 0 aromatic heterocycles. The lowest BCUT2D eigenvalue weighted by Crippen LogP contribution is -2.45. The van der Waals surface area contributed by atoms with Crippen molar-refractivity contribution in [1.29, 1.82) is 0 Å². The number of amides is 1. The zero-order valence-corrected chi connectivity index (χ0v) is 16.8. The molecule has 0 heterocycles. The summed E-state index contributed by atoms with van der Waals surface area (Å²) in [6, 6.07) is -1.03. The van der Waals surface area contributed by atoms with Crippen molar-refractivity contribution in [2.75, 3.05) is 25.6 Å². The van der Waals surface area contributed by atoms with Gasteiger partial charge in [-0.2, -0.15) is 0 Å². The van der Waals surface area contributed by atoms with Crippen LogP contribution in [0.1, 0.15) is 41.5 Å². The zero-order valence-electron chi connectivity index (χ0n) is 15.1. The summed E-state index contributed by atoms with van der Waals surface area (Å²) in [5, 5.41) is 2.43. The molecule has 10 heteroatoms. The maximum absolute atomic E-state index is 12.4. The molecule has 0 aliphatic heterocycles. The van der Waals surface area contributed by atoms with Gasteiger partial charge in [-0.15, -0.1) is 0 Å². The van der Waals surface area contributed by atoms with Gasteiger partial charge in [0.05, 0.1) is 19.8 Å². The summed E-state index contributed by atoms with van der Waals surface area (Å²) in [6.07, 6.45) is -0.760. The quantitative estimate of drug-likeness (QED) is 0.451. The Labute approximate surface area is 147 Å². The molecule has 0 aromatic rings. The number of carbonyl (C=O) groups excluding carboxylic acids is 2. The molecular formula is C14H28NO7PS. The molecule has 0 aromatic carbocycles. The highest BCUT2D eigenvalue weighted by Gasteiger charge is 2.31. The first kappa shape index (κ1) is 23.2. The van der Waals surface area contributed by atoms with Crippen LogP contribution in [0.5, 0.6) is 0 Å². The van der Waals surface area contributed by atoms with E-state index in [9.17, 15) is 14.2 Å². The van der Waals surface area contributed by atoms with Crippen molar-refractivity contribution in [3.63, 3.8) is 0 Å². The van der Waals surface area contributed by atoms with Crippen molar-refractivity contribution in [2.24, 2.45) is 0 Å². The second-order valence-electron chi connectivity index (χ2n) is 5.53. The van der Waals surface area contributed by atoms with E-state index in [-0.39, 0.29) is 25.6 Å². The maximum Gasteiger partial charge on any atom is 0.408 e. The van der Waals surface area contributed by atoms with Crippen LogP contribution in [0.25, 0.3) is 0 Å². The molecule has 0 radical (unpaired) electrons. The first-order valence-corrected chi connectivity index (χ1v) is 10.9. The third-order valence-corrected chi connectivity index (χ3v) is 6.21. The van der Waals surface area contributed by atoms with E-state index >= 15 is 0 Å². The van der Waals surface area contributed by atoms with Gasteiger partial charge in [-0.05, 0) is 52.9 Å². The molecule has 0 saturated heterocycles. The van der Waals surface area contributed by atoms with Gasteiger partial charge in [-0.1, -0.05) is 0 Å². The van der Waals surface area contributed by atoms with Crippen LogP contribution in [0.15, 0.2) is 0 Å². The lowest BCUT2D eigenvalue weighted by Gasteiger charge is -2.23. The molecule has 0 spiro atoms. The van der Waals surface area contributed by atoms with Crippen molar-refractivity contribution in [1.82, 2.24) is 5.32 Å². The third kappa shape index (κ3) is 10.2. The Bertz CT molecular complexity index is 443. The lowest BCUT2D eigenvalue weighted by molar-refractivity contribution is -0.144. The van der Waals surface area contributed by atoms with Crippen molar-refractivity contribution in [3.05, 3.63) is 0 Å². The van der Waals surface area contributed by atoms with E-state index in [1.807, 2.05) is 0 Å². The fourth-order valence-corrected chi connectivity index (χ4v) is 4.94. The molecule has 142 valence electrons. The van der Waals surface area contributed by atoms with Gasteiger partial charge in [0.15, 0.2) is 0 Å². The first-order valence-electron chi connectivity index (χ1n) is 7.76. The SMILES string of the molecule is CCOC(=O)C(CSP(=O)(OCC)OCC)NC(=O)OC(C)(C)C. The highest BCUT2D eigenvalue weighted by molar-refractivity contribution is 8.55. The average molecular weight is 385 g/mol. The fraction of sp³-hybridized carbons (Fsp3) is 0.857. The molecule has 1 atom stereocenters. The molecule has 1 N–H and O–H groups in total. The number of alkyl carbamates (subject to hydrolysis) is 1. The average Bonchev–Trinajstić information content (AvgIpc) is 2.42. The van der Waals surface area contributed by atoms with Crippen LogP contribution < -0.4 is 5.32 Å². The van der Waals surface area contributed by atoms with Crippen LogP contribution in [0.2, 0.25) is 0 Å². The van der Waals surface area contributed by atoms with E-state index in [1.54, 1.807) is 41.5 Å². The minimum Gasteiger partial charge on any atom is -0.464 e. The fourth-order valence-electron chi connectivity index (χ4n) is 1.46. The monoisotopic (exact) mass is 385 g/mol. The first-order chi connectivity index (χ1) is 11.1. The molecular weight excluding hydrogens is 357 g/mol. The summed E-state index contributed by atoms with van der Waals surface area (Å²) in [6.45, 7) is 7.32. The van der Waals surface area contributed by atoms with E-state index in [4.69, 9.17) is 18.5 Å². The van der Waals surface area contributed by atoms with Crippen molar-refractivity contribution in [3.8, 4) is 0 Å². The highest BCUT2D eigenvalue weighted by Crippen LogP contribution is 2.60. The number of nitrogens with one attached hydrogen (secondary N) is 1. The van der Waals surface area contributed by atoms with Gasteiger partial charge in [0.1, 0.15) is 11.6 Å². The number of carbonyl (C=O) groups is 2. The number of esters is 1. The minimum atomic E-state index is -3.40. The van der Waals surface area contributed by atoms with Gasteiger partial charge in [-0.3, -0.25) is 0 Å². The van der Waals surface area contributed by atoms with E-state index in [0.29, 0.717) is 0 Å². The number of rotatable bonds is 10. The zero-order chi connectivity index (χ0) is 18.8. The van der Waals surface area contributed by atoms with Crippen LogP contribution in [0.3, 0.4) is 0 Å². The van der Waals surface area contributed by atoms with Crippen LogP contribution >= 0.6 is 18.2 Å². The van der Waals surface area contributed by atoms with Crippen molar-refractivity contribution >= 4 is 30.2 Å². The van der Waals surface area contributed by atoms with E-state index in [0.717, 1.165) is 11.4 Å². The Balaban J connectivity index is 4.92. The number of ether oxygens (including phenoxy) is 2. The third-order valence-electron chi connectivity index (χ3n) is 2.24. The van der Waals surface area contributed by atoms with Gasteiger partial charge in [0, 0.05) is 5.75 Å². The predicted molar refractivity (Wildman–Crippen MR) is 93.1 cm³/mol. The highest BCUT2D eigenvalue weighted by atomic mass is 32.7. The van der Waals surface area contributed by atoms with E-state index < -0.39 is 30.5 Å². The summed E-state index contributed by atoms with van der Waals surface area (Å²) in [7, 11) is 0. The topological polar surface area (TPSA) is 100 Å². The number of hydrogen-bond acceptors (Lipinski definition) is 8. The second kappa shape index (κ2) is 11.0. The molecule has 0 bridgehead atoms. The molecule has 24 heavy (non-hydrogen) atoms. The normalized spacial score (nSPS) is 13.2. The summed E-state index contributed by atoms with van der Waals surface area (Å²) < 4.78 is 32.8. The molecule has 0 saturated carbocycles.